The number of fused-ring (bicyclic) bond motifs is 1. The van der Waals surface area contributed by atoms with Gasteiger partial charge in [-0.3, -0.25) is 9.88 Å². The highest BCUT2D eigenvalue weighted by Gasteiger charge is 2.11. The van der Waals surface area contributed by atoms with Crippen LogP contribution in [0.2, 0.25) is 0 Å². The molecule has 0 atom stereocenters. The molecular formula is C14H15N3. The van der Waals surface area contributed by atoms with Gasteiger partial charge in [0.2, 0.25) is 0 Å². The number of hydrogen-bond acceptors (Lipinski definition) is 3. The van der Waals surface area contributed by atoms with Crippen LogP contribution in [-0.4, -0.2) is 30.1 Å². The lowest BCUT2D eigenvalue weighted by atomic mass is 10.1. The summed E-state index contributed by atoms with van der Waals surface area (Å²) in [7, 11) is 2.11. The number of nitrogens with one attached hydrogen (secondary N) is 1. The monoisotopic (exact) mass is 225 g/mol. The van der Waals surface area contributed by atoms with Crippen molar-refractivity contribution >= 4 is 16.8 Å². The molecular weight excluding hydrogens is 210 g/mol. The smallest absolute Gasteiger partial charge is 0.0676 e. The fourth-order valence-corrected chi connectivity index (χ4v) is 2.18. The Kier molecular flexibility index (Phi) is 2.53. The Morgan fingerprint density at radius 1 is 1.29 bits per heavy atom. The SMILES string of the molecule is CN1CN/C(=C\c2cncc3ccccc23)C1. The highest BCUT2D eigenvalue weighted by molar-refractivity contribution is 5.89. The van der Waals surface area contributed by atoms with E-state index in [0.29, 0.717) is 0 Å². The summed E-state index contributed by atoms with van der Waals surface area (Å²) in [5, 5.41) is 5.82. The van der Waals surface area contributed by atoms with Crippen LogP contribution in [0.3, 0.4) is 0 Å². The molecule has 3 rings (SSSR count). The van der Waals surface area contributed by atoms with Crippen LogP contribution in [0.4, 0.5) is 0 Å². The maximum atomic E-state index is 4.29. The summed E-state index contributed by atoms with van der Waals surface area (Å²) in [5.74, 6) is 0. The highest BCUT2D eigenvalue weighted by atomic mass is 15.3. The summed E-state index contributed by atoms with van der Waals surface area (Å²) in [4.78, 5) is 6.53. The van der Waals surface area contributed by atoms with Crippen molar-refractivity contribution in [2.45, 2.75) is 0 Å². The lowest BCUT2D eigenvalue weighted by molar-refractivity contribution is 0.414. The van der Waals surface area contributed by atoms with Crippen molar-refractivity contribution in [3.05, 3.63) is 47.9 Å². The van der Waals surface area contributed by atoms with E-state index in [4.69, 9.17) is 0 Å². The maximum absolute atomic E-state index is 4.29. The molecule has 0 bridgehead atoms. The van der Waals surface area contributed by atoms with Crippen LogP contribution in [-0.2, 0) is 0 Å². The van der Waals surface area contributed by atoms with E-state index in [9.17, 15) is 0 Å². The van der Waals surface area contributed by atoms with Gasteiger partial charge in [-0.05, 0) is 18.5 Å². The summed E-state index contributed by atoms with van der Waals surface area (Å²) >= 11 is 0. The van der Waals surface area contributed by atoms with Gasteiger partial charge in [-0.1, -0.05) is 24.3 Å². The minimum absolute atomic E-state index is 0.921. The second-order valence-electron chi connectivity index (χ2n) is 4.47. The molecule has 2 heterocycles. The normalized spacial score (nSPS) is 18.8. The van der Waals surface area contributed by atoms with Gasteiger partial charge in [-0.15, -0.1) is 0 Å². The van der Waals surface area contributed by atoms with Crippen molar-refractivity contribution in [3.63, 3.8) is 0 Å². The Morgan fingerprint density at radius 2 is 2.18 bits per heavy atom. The van der Waals surface area contributed by atoms with Crippen LogP contribution in [0.5, 0.6) is 0 Å². The third-order valence-electron chi connectivity index (χ3n) is 3.05. The van der Waals surface area contributed by atoms with E-state index in [-0.39, 0.29) is 0 Å². The molecule has 1 aliphatic heterocycles. The Hall–Kier alpha value is -1.87. The summed E-state index contributed by atoms with van der Waals surface area (Å²) in [5.41, 5.74) is 2.44. The Balaban J connectivity index is 2.06. The average Bonchev–Trinajstić information content (AvgIpc) is 2.75. The lowest BCUT2D eigenvalue weighted by Gasteiger charge is -2.03. The van der Waals surface area contributed by atoms with Crippen LogP contribution in [0.25, 0.3) is 16.8 Å². The van der Waals surface area contributed by atoms with E-state index >= 15 is 0 Å². The first kappa shape index (κ1) is 10.3. The van der Waals surface area contributed by atoms with Gasteiger partial charge < -0.3 is 5.32 Å². The predicted octanol–water partition coefficient (Wildman–Crippen LogP) is 2.07. The standard InChI is InChI=1S/C14H15N3/c1-17-9-13(16-10-17)6-12-8-15-7-11-4-2-3-5-14(11)12/h2-8,16H,9-10H2,1H3/b13-6-. The molecule has 3 heteroatoms. The molecule has 2 aromatic rings. The third-order valence-corrected chi connectivity index (χ3v) is 3.05. The number of benzene rings is 1. The summed E-state index contributed by atoms with van der Waals surface area (Å²) < 4.78 is 0. The van der Waals surface area contributed by atoms with Gasteiger partial charge in [0.1, 0.15) is 0 Å². The molecule has 0 aliphatic carbocycles. The number of likely N-dealkylation sites (N-methyl/N-ethyl adjacent to an activating group) is 1. The first-order valence-electron chi connectivity index (χ1n) is 5.79. The zero-order valence-corrected chi connectivity index (χ0v) is 9.85. The zero-order chi connectivity index (χ0) is 11.7. The topological polar surface area (TPSA) is 28.2 Å². The van der Waals surface area contributed by atoms with Gasteiger partial charge in [-0.2, -0.15) is 0 Å². The van der Waals surface area contributed by atoms with Gasteiger partial charge in [0.15, 0.2) is 0 Å². The molecule has 0 unspecified atom stereocenters. The summed E-state index contributed by atoms with van der Waals surface area (Å²) in [6.45, 7) is 1.90. The number of rotatable bonds is 1. The molecule has 1 fully saturated rings. The van der Waals surface area contributed by atoms with Gasteiger partial charge >= 0.3 is 0 Å². The van der Waals surface area contributed by atoms with E-state index in [1.165, 1.54) is 22.0 Å². The van der Waals surface area contributed by atoms with Gasteiger partial charge in [-0.25, -0.2) is 0 Å². The largest absolute Gasteiger partial charge is 0.375 e. The third kappa shape index (κ3) is 2.01. The number of pyridine rings is 1. The molecule has 0 radical (unpaired) electrons. The van der Waals surface area contributed by atoms with Crippen LogP contribution in [0.15, 0.2) is 42.4 Å². The van der Waals surface area contributed by atoms with Crippen molar-refractivity contribution in [2.24, 2.45) is 0 Å². The fourth-order valence-electron chi connectivity index (χ4n) is 2.18. The van der Waals surface area contributed by atoms with Gasteiger partial charge in [0.25, 0.3) is 0 Å². The Bertz CT molecular complexity index is 569. The van der Waals surface area contributed by atoms with Crippen molar-refractivity contribution in [3.8, 4) is 0 Å². The van der Waals surface area contributed by atoms with E-state index in [1.54, 1.807) is 0 Å². The number of nitrogens with zero attached hydrogens (tertiary/aromatic N) is 2. The molecule has 1 aromatic carbocycles. The van der Waals surface area contributed by atoms with Crippen LogP contribution >= 0.6 is 0 Å². The molecule has 1 aromatic heterocycles. The zero-order valence-electron chi connectivity index (χ0n) is 9.85. The molecule has 0 amide bonds. The van der Waals surface area contributed by atoms with Crippen molar-refractivity contribution in [2.75, 3.05) is 20.3 Å². The minimum atomic E-state index is 0.921. The van der Waals surface area contributed by atoms with Crippen molar-refractivity contribution < 1.29 is 0 Å². The van der Waals surface area contributed by atoms with E-state index in [2.05, 4.69) is 46.5 Å². The van der Waals surface area contributed by atoms with E-state index < -0.39 is 0 Å². The predicted molar refractivity (Wildman–Crippen MR) is 70.4 cm³/mol. The fraction of sp³-hybridized carbons (Fsp3) is 0.214. The highest BCUT2D eigenvalue weighted by Crippen LogP contribution is 2.19. The molecule has 0 spiro atoms. The second-order valence-corrected chi connectivity index (χ2v) is 4.47. The molecule has 86 valence electrons. The molecule has 1 aliphatic rings. The molecule has 3 nitrogen and oxygen atoms in total. The molecule has 17 heavy (non-hydrogen) atoms. The summed E-state index contributed by atoms with van der Waals surface area (Å²) in [6, 6.07) is 8.35. The number of hydrogen-bond donors (Lipinski definition) is 1. The second kappa shape index (κ2) is 4.18. The van der Waals surface area contributed by atoms with Crippen LogP contribution in [0.1, 0.15) is 5.56 Å². The van der Waals surface area contributed by atoms with E-state index in [0.717, 1.165) is 13.2 Å². The van der Waals surface area contributed by atoms with Crippen molar-refractivity contribution in [1.82, 2.24) is 15.2 Å². The van der Waals surface area contributed by atoms with Gasteiger partial charge in [0, 0.05) is 35.6 Å². The van der Waals surface area contributed by atoms with Crippen LogP contribution in [0, 0.1) is 0 Å². The Labute approximate surface area is 101 Å². The first-order valence-corrected chi connectivity index (χ1v) is 5.79. The first-order chi connectivity index (χ1) is 8.33. The minimum Gasteiger partial charge on any atom is -0.375 e. The van der Waals surface area contributed by atoms with E-state index in [1.807, 2.05) is 18.5 Å². The van der Waals surface area contributed by atoms with Crippen LogP contribution < -0.4 is 5.32 Å². The Morgan fingerprint density at radius 3 is 3.00 bits per heavy atom. The molecule has 1 N–H and O–H groups in total. The molecule has 0 saturated carbocycles. The average molecular weight is 225 g/mol. The molecule has 1 saturated heterocycles. The maximum Gasteiger partial charge on any atom is 0.0676 e. The number of aromatic nitrogens is 1. The van der Waals surface area contributed by atoms with Gasteiger partial charge in [0.05, 0.1) is 6.67 Å². The van der Waals surface area contributed by atoms with Crippen molar-refractivity contribution in [1.29, 1.82) is 0 Å². The quantitative estimate of drug-likeness (QED) is 0.805. The lowest BCUT2D eigenvalue weighted by Crippen LogP contribution is -2.15. The summed E-state index contributed by atoms with van der Waals surface area (Å²) in [6.07, 6.45) is 6.03.